The third kappa shape index (κ3) is 5.03. The molecule has 2 aromatic rings. The molecule has 4 rings (SSSR count). The van der Waals surface area contributed by atoms with Crippen LogP contribution in [0.2, 0.25) is 0 Å². The van der Waals surface area contributed by atoms with Crippen LogP contribution in [-0.2, 0) is 14.8 Å². The van der Waals surface area contributed by atoms with Gasteiger partial charge in [0.15, 0.2) is 5.75 Å². The number of ether oxygens (including phenoxy) is 1. The van der Waals surface area contributed by atoms with E-state index in [2.05, 4.69) is 15.4 Å². The second-order valence-corrected chi connectivity index (χ2v) is 9.98. The van der Waals surface area contributed by atoms with Gasteiger partial charge in [-0.15, -0.1) is 0 Å². The maximum atomic E-state index is 12.0. The van der Waals surface area contributed by atoms with Gasteiger partial charge in [0.2, 0.25) is 16.0 Å². The molecule has 0 aliphatic carbocycles. The molecule has 0 radical (unpaired) electrons. The lowest BCUT2D eigenvalue weighted by atomic mass is 10.1. The second-order valence-electron chi connectivity index (χ2n) is 8.01. The smallest absolute Gasteiger partial charge is 0.227 e. The number of rotatable bonds is 6. The van der Waals surface area contributed by atoms with Gasteiger partial charge in [-0.2, -0.15) is 10.4 Å². The minimum Gasteiger partial charge on any atom is -0.381 e. The topological polar surface area (TPSA) is 126 Å². The van der Waals surface area contributed by atoms with Crippen molar-refractivity contribution in [3.8, 4) is 17.3 Å². The Labute approximate surface area is 182 Å². The molecular weight excluding hydrogens is 418 g/mol. The van der Waals surface area contributed by atoms with Crippen LogP contribution in [0.15, 0.2) is 18.6 Å². The number of nitrogens with zero attached hydrogens (tertiary/aromatic N) is 6. The second kappa shape index (κ2) is 9.30. The first-order valence-corrected chi connectivity index (χ1v) is 12.1. The van der Waals surface area contributed by atoms with Crippen LogP contribution >= 0.6 is 0 Å². The monoisotopic (exact) mass is 445 g/mol. The van der Waals surface area contributed by atoms with Gasteiger partial charge in [-0.05, 0) is 38.2 Å². The fourth-order valence-corrected chi connectivity index (χ4v) is 5.16. The summed E-state index contributed by atoms with van der Waals surface area (Å²) >= 11 is 0. The lowest BCUT2D eigenvalue weighted by Crippen LogP contribution is -2.43. The number of hydrogen-bond donors (Lipinski definition) is 1. The van der Waals surface area contributed by atoms with Crippen molar-refractivity contribution >= 4 is 16.0 Å². The minimum absolute atomic E-state index is 0.0778. The Morgan fingerprint density at radius 3 is 2.68 bits per heavy atom. The van der Waals surface area contributed by atoms with Crippen LogP contribution in [0.5, 0.6) is 0 Å². The number of aryl methyl sites for hydroxylation is 1. The van der Waals surface area contributed by atoms with Crippen LogP contribution in [0.25, 0.3) is 11.3 Å². The van der Waals surface area contributed by atoms with Gasteiger partial charge in [0.05, 0.1) is 24.0 Å². The first-order chi connectivity index (χ1) is 15.0. The summed E-state index contributed by atoms with van der Waals surface area (Å²) in [6.07, 6.45) is 8.86. The van der Waals surface area contributed by atoms with E-state index in [9.17, 15) is 8.42 Å². The molecule has 31 heavy (non-hydrogen) atoms. The van der Waals surface area contributed by atoms with Crippen molar-refractivity contribution in [2.75, 3.05) is 37.4 Å². The van der Waals surface area contributed by atoms with Crippen molar-refractivity contribution in [2.24, 2.45) is 0 Å². The number of hydrogen-bond acceptors (Lipinski definition) is 8. The molecule has 2 aliphatic heterocycles. The maximum absolute atomic E-state index is 12.0. The highest BCUT2D eigenvalue weighted by atomic mass is 32.2. The molecule has 0 saturated carbocycles. The van der Waals surface area contributed by atoms with Crippen molar-refractivity contribution in [3.05, 3.63) is 24.2 Å². The standard InChI is InChI=1S/C20H27N7O3S/c1-15-12-22-20(24-17-2-7-26(8-3-17)31(28,29)11-6-21)25-19(15)16-13-23-27(14-16)18-4-9-30-10-5-18/h12-14,17-18H,2-5,7-11H2,1H3,(H,22,24,25). The molecule has 0 amide bonds. The lowest BCUT2D eigenvalue weighted by molar-refractivity contribution is 0.0662. The van der Waals surface area contributed by atoms with Crippen molar-refractivity contribution in [1.29, 1.82) is 5.26 Å². The SMILES string of the molecule is Cc1cnc(NC2CCN(S(=O)(=O)CC#N)CC2)nc1-c1cnn(C2CCOCC2)c1. The Morgan fingerprint density at radius 2 is 1.97 bits per heavy atom. The Kier molecular flexibility index (Phi) is 6.50. The summed E-state index contributed by atoms with van der Waals surface area (Å²) < 4.78 is 32.9. The molecule has 11 heteroatoms. The number of nitrogens with one attached hydrogen (secondary N) is 1. The number of aromatic nitrogens is 4. The average Bonchev–Trinajstić information content (AvgIpc) is 3.26. The normalized spacial score (nSPS) is 19.2. The van der Waals surface area contributed by atoms with Crippen LogP contribution in [0, 0.1) is 18.3 Å². The molecule has 0 bridgehead atoms. The summed E-state index contributed by atoms with van der Waals surface area (Å²) in [5.41, 5.74) is 2.76. The van der Waals surface area contributed by atoms with Crippen molar-refractivity contribution in [3.63, 3.8) is 0 Å². The number of sulfonamides is 1. The van der Waals surface area contributed by atoms with E-state index in [0.29, 0.717) is 37.9 Å². The minimum atomic E-state index is -3.49. The molecule has 0 unspecified atom stereocenters. The highest BCUT2D eigenvalue weighted by molar-refractivity contribution is 7.89. The first kappa shape index (κ1) is 21.7. The molecule has 2 fully saturated rings. The van der Waals surface area contributed by atoms with E-state index in [-0.39, 0.29) is 6.04 Å². The Hall–Kier alpha value is -2.55. The zero-order chi connectivity index (χ0) is 21.8. The molecular formula is C20H27N7O3S. The fraction of sp³-hybridized carbons (Fsp3) is 0.600. The fourth-order valence-electron chi connectivity index (χ4n) is 4.05. The van der Waals surface area contributed by atoms with Gasteiger partial charge >= 0.3 is 0 Å². The molecule has 166 valence electrons. The summed E-state index contributed by atoms with van der Waals surface area (Å²) in [6, 6.07) is 2.16. The van der Waals surface area contributed by atoms with Crippen LogP contribution in [0.4, 0.5) is 5.95 Å². The molecule has 0 aromatic carbocycles. The number of anilines is 1. The van der Waals surface area contributed by atoms with Crippen molar-refractivity contribution in [2.45, 2.75) is 44.7 Å². The predicted octanol–water partition coefficient (Wildman–Crippen LogP) is 1.73. The van der Waals surface area contributed by atoms with Gasteiger partial charge in [0.25, 0.3) is 0 Å². The highest BCUT2D eigenvalue weighted by Gasteiger charge is 2.28. The summed E-state index contributed by atoms with van der Waals surface area (Å²) in [5, 5.41) is 16.6. The summed E-state index contributed by atoms with van der Waals surface area (Å²) in [4.78, 5) is 9.13. The maximum Gasteiger partial charge on any atom is 0.227 e. The highest BCUT2D eigenvalue weighted by Crippen LogP contribution is 2.26. The lowest BCUT2D eigenvalue weighted by Gasteiger charge is -2.31. The van der Waals surface area contributed by atoms with E-state index < -0.39 is 15.8 Å². The molecule has 4 heterocycles. The van der Waals surface area contributed by atoms with Gasteiger partial charge in [-0.25, -0.2) is 22.7 Å². The van der Waals surface area contributed by atoms with Gasteiger partial charge < -0.3 is 10.1 Å². The third-order valence-corrected chi connectivity index (χ3v) is 7.48. The molecule has 0 spiro atoms. The summed E-state index contributed by atoms with van der Waals surface area (Å²) in [6.45, 7) is 4.27. The summed E-state index contributed by atoms with van der Waals surface area (Å²) in [5.74, 6) is 0.0506. The Balaban J connectivity index is 1.42. The summed E-state index contributed by atoms with van der Waals surface area (Å²) in [7, 11) is -3.49. The van der Waals surface area contributed by atoms with E-state index >= 15 is 0 Å². The average molecular weight is 446 g/mol. The van der Waals surface area contributed by atoms with E-state index in [1.54, 1.807) is 12.3 Å². The van der Waals surface area contributed by atoms with Crippen molar-refractivity contribution < 1.29 is 13.2 Å². The van der Waals surface area contributed by atoms with Gasteiger partial charge in [-0.3, -0.25) is 4.68 Å². The Bertz CT molecular complexity index is 1050. The van der Waals surface area contributed by atoms with Crippen LogP contribution in [0.1, 0.15) is 37.3 Å². The van der Waals surface area contributed by atoms with Crippen LogP contribution in [-0.4, -0.2) is 70.6 Å². The molecule has 2 aromatic heterocycles. The van der Waals surface area contributed by atoms with E-state index in [4.69, 9.17) is 15.0 Å². The van der Waals surface area contributed by atoms with E-state index in [0.717, 1.165) is 42.9 Å². The third-order valence-electron chi connectivity index (χ3n) is 5.84. The number of nitriles is 1. The van der Waals surface area contributed by atoms with E-state index in [1.165, 1.54) is 4.31 Å². The zero-order valence-electron chi connectivity index (χ0n) is 17.6. The molecule has 1 N–H and O–H groups in total. The number of piperidine rings is 1. The van der Waals surface area contributed by atoms with Crippen LogP contribution in [0.3, 0.4) is 0 Å². The molecule has 2 aliphatic rings. The predicted molar refractivity (Wildman–Crippen MR) is 115 cm³/mol. The van der Waals surface area contributed by atoms with Gasteiger partial charge in [-0.1, -0.05) is 0 Å². The zero-order valence-corrected chi connectivity index (χ0v) is 18.4. The Morgan fingerprint density at radius 1 is 1.23 bits per heavy atom. The largest absolute Gasteiger partial charge is 0.381 e. The first-order valence-electron chi connectivity index (χ1n) is 10.5. The quantitative estimate of drug-likeness (QED) is 0.712. The van der Waals surface area contributed by atoms with Crippen LogP contribution < -0.4 is 5.32 Å². The van der Waals surface area contributed by atoms with E-state index in [1.807, 2.05) is 24.0 Å². The molecule has 10 nitrogen and oxygen atoms in total. The van der Waals surface area contributed by atoms with Gasteiger partial charge in [0, 0.05) is 50.3 Å². The van der Waals surface area contributed by atoms with Gasteiger partial charge in [0.1, 0.15) is 0 Å². The van der Waals surface area contributed by atoms with Crippen molar-refractivity contribution in [1.82, 2.24) is 24.1 Å². The molecule has 2 saturated heterocycles. The molecule has 0 atom stereocenters.